The third-order valence-corrected chi connectivity index (χ3v) is 4.54. The molecule has 0 aliphatic carbocycles. The van der Waals surface area contributed by atoms with E-state index in [9.17, 15) is 0 Å². The predicted molar refractivity (Wildman–Crippen MR) is 105 cm³/mol. The van der Waals surface area contributed by atoms with Gasteiger partial charge in [0.25, 0.3) is 0 Å². The molecule has 9 heteroatoms. The normalized spacial score (nSPS) is 15.5. The van der Waals surface area contributed by atoms with Crippen molar-refractivity contribution in [2.24, 2.45) is 0 Å². The summed E-state index contributed by atoms with van der Waals surface area (Å²) >= 11 is 5.39. The smallest absolute Gasteiger partial charge is 0.231 e. The zero-order valence-electron chi connectivity index (χ0n) is 15.0. The number of aryl methyl sites for hydroxylation is 1. The molecular formula is C18H21N5O3S. The van der Waals surface area contributed by atoms with Crippen LogP contribution in [0.25, 0.3) is 0 Å². The summed E-state index contributed by atoms with van der Waals surface area (Å²) in [5.74, 6) is 2.89. The highest BCUT2D eigenvalue weighted by Gasteiger charge is 2.15. The lowest BCUT2D eigenvalue weighted by Crippen LogP contribution is -2.37. The van der Waals surface area contributed by atoms with Crippen molar-refractivity contribution in [1.82, 2.24) is 15.3 Å². The van der Waals surface area contributed by atoms with Crippen LogP contribution in [0.5, 0.6) is 11.5 Å². The minimum atomic E-state index is 0.266. The first kappa shape index (κ1) is 17.7. The number of anilines is 2. The predicted octanol–water partition coefficient (Wildman–Crippen LogP) is 1.84. The molecule has 0 unspecified atom stereocenters. The van der Waals surface area contributed by atoms with Gasteiger partial charge in [-0.15, -0.1) is 0 Å². The van der Waals surface area contributed by atoms with Crippen molar-refractivity contribution in [3.8, 4) is 11.5 Å². The Bertz CT molecular complexity index is 842. The summed E-state index contributed by atoms with van der Waals surface area (Å²) in [4.78, 5) is 11.2. The summed E-state index contributed by atoms with van der Waals surface area (Å²) in [6.07, 6.45) is 0. The van der Waals surface area contributed by atoms with Crippen LogP contribution in [0.15, 0.2) is 24.3 Å². The highest BCUT2D eigenvalue weighted by molar-refractivity contribution is 7.80. The Kier molecular flexibility index (Phi) is 5.21. The first-order chi connectivity index (χ1) is 13.2. The maximum Gasteiger partial charge on any atom is 0.231 e. The quantitative estimate of drug-likeness (QED) is 0.764. The highest BCUT2D eigenvalue weighted by atomic mass is 32.1. The van der Waals surface area contributed by atoms with Gasteiger partial charge in [-0.3, -0.25) is 0 Å². The fourth-order valence-electron chi connectivity index (χ4n) is 2.94. The summed E-state index contributed by atoms with van der Waals surface area (Å²) in [6, 6.07) is 7.79. The lowest BCUT2D eigenvalue weighted by atomic mass is 10.2. The molecule has 2 N–H and O–H groups in total. The van der Waals surface area contributed by atoms with Crippen LogP contribution in [0.2, 0.25) is 0 Å². The molecule has 1 saturated heterocycles. The molecule has 2 aliphatic heterocycles. The Morgan fingerprint density at radius 1 is 1.15 bits per heavy atom. The second kappa shape index (κ2) is 7.93. The van der Waals surface area contributed by atoms with Gasteiger partial charge >= 0.3 is 0 Å². The molecule has 0 atom stereocenters. The number of aromatic nitrogens is 2. The Labute approximate surface area is 162 Å². The molecule has 1 aromatic carbocycles. The highest BCUT2D eigenvalue weighted by Crippen LogP contribution is 2.32. The van der Waals surface area contributed by atoms with Gasteiger partial charge < -0.3 is 29.7 Å². The number of nitrogens with zero attached hydrogens (tertiary/aromatic N) is 3. The molecule has 0 amide bonds. The van der Waals surface area contributed by atoms with Gasteiger partial charge in [-0.25, -0.2) is 4.98 Å². The second-order valence-corrected chi connectivity index (χ2v) is 6.69. The van der Waals surface area contributed by atoms with E-state index < -0.39 is 0 Å². The number of ether oxygens (including phenoxy) is 3. The fraction of sp³-hybridized carbons (Fsp3) is 0.389. The van der Waals surface area contributed by atoms with Gasteiger partial charge in [-0.05, 0) is 36.8 Å². The van der Waals surface area contributed by atoms with Crippen LogP contribution in [-0.4, -0.2) is 48.2 Å². The van der Waals surface area contributed by atoms with Crippen molar-refractivity contribution in [1.29, 1.82) is 0 Å². The van der Waals surface area contributed by atoms with E-state index in [1.165, 1.54) is 0 Å². The van der Waals surface area contributed by atoms with Gasteiger partial charge in [0.15, 0.2) is 16.6 Å². The molecule has 1 fully saturated rings. The van der Waals surface area contributed by atoms with Crippen molar-refractivity contribution >= 4 is 29.1 Å². The maximum atomic E-state index is 5.40. The van der Waals surface area contributed by atoms with E-state index >= 15 is 0 Å². The molecule has 27 heavy (non-hydrogen) atoms. The van der Waals surface area contributed by atoms with E-state index in [0.29, 0.717) is 30.8 Å². The van der Waals surface area contributed by atoms with Crippen LogP contribution in [0, 0.1) is 6.92 Å². The van der Waals surface area contributed by atoms with Crippen molar-refractivity contribution in [2.45, 2.75) is 13.5 Å². The third-order valence-electron chi connectivity index (χ3n) is 4.29. The number of fused-ring (bicyclic) bond motifs is 1. The molecular weight excluding hydrogens is 366 g/mol. The average Bonchev–Trinajstić information content (AvgIpc) is 3.14. The number of thiocarbonyl (C=S) groups is 1. The minimum Gasteiger partial charge on any atom is -0.454 e. The van der Waals surface area contributed by atoms with E-state index in [0.717, 1.165) is 41.7 Å². The van der Waals surface area contributed by atoms with Crippen molar-refractivity contribution in [3.05, 3.63) is 35.5 Å². The Morgan fingerprint density at radius 3 is 2.81 bits per heavy atom. The summed E-state index contributed by atoms with van der Waals surface area (Å²) in [5.41, 5.74) is 1.93. The molecule has 0 radical (unpaired) electrons. The van der Waals surface area contributed by atoms with Crippen LogP contribution < -0.4 is 25.0 Å². The standard InChI is InChI=1S/C18H21N5O3S/c1-12-8-16(23-4-6-24-7-5-23)21-17(20-12)22-18(27)19-10-13-2-3-14-15(9-13)26-11-25-14/h2-3,8-9H,4-7,10-11H2,1H3,(H2,19,20,21,22,27). The van der Waals surface area contributed by atoms with E-state index in [4.69, 9.17) is 26.4 Å². The van der Waals surface area contributed by atoms with Crippen LogP contribution in [0.4, 0.5) is 11.8 Å². The van der Waals surface area contributed by atoms with Crippen LogP contribution in [0.3, 0.4) is 0 Å². The molecule has 142 valence electrons. The fourth-order valence-corrected chi connectivity index (χ4v) is 3.10. The molecule has 1 aromatic heterocycles. The van der Waals surface area contributed by atoms with Gasteiger partial charge in [0, 0.05) is 31.4 Å². The van der Waals surface area contributed by atoms with Gasteiger partial charge in [-0.1, -0.05) is 6.07 Å². The average molecular weight is 387 g/mol. The first-order valence-electron chi connectivity index (χ1n) is 8.79. The molecule has 0 spiro atoms. The summed E-state index contributed by atoms with van der Waals surface area (Å²) in [7, 11) is 0. The van der Waals surface area contributed by atoms with E-state index in [1.807, 2.05) is 31.2 Å². The molecule has 4 rings (SSSR count). The Morgan fingerprint density at radius 2 is 1.96 bits per heavy atom. The van der Waals surface area contributed by atoms with Crippen LogP contribution in [0.1, 0.15) is 11.3 Å². The van der Waals surface area contributed by atoms with Crippen molar-refractivity contribution in [2.75, 3.05) is 43.3 Å². The van der Waals surface area contributed by atoms with Crippen LogP contribution >= 0.6 is 12.2 Å². The summed E-state index contributed by atoms with van der Waals surface area (Å²) in [6.45, 7) is 5.83. The lowest BCUT2D eigenvalue weighted by Gasteiger charge is -2.28. The van der Waals surface area contributed by atoms with E-state index in [-0.39, 0.29) is 6.79 Å². The van der Waals surface area contributed by atoms with E-state index in [1.54, 1.807) is 0 Å². The number of hydrogen-bond acceptors (Lipinski definition) is 7. The third kappa shape index (κ3) is 4.37. The maximum absolute atomic E-state index is 5.40. The Balaban J connectivity index is 1.37. The monoisotopic (exact) mass is 387 g/mol. The minimum absolute atomic E-state index is 0.266. The molecule has 2 aromatic rings. The molecule has 0 bridgehead atoms. The van der Waals surface area contributed by atoms with Gasteiger partial charge in [0.2, 0.25) is 12.7 Å². The largest absolute Gasteiger partial charge is 0.454 e. The van der Waals surface area contributed by atoms with Crippen molar-refractivity contribution in [3.63, 3.8) is 0 Å². The zero-order valence-corrected chi connectivity index (χ0v) is 15.8. The second-order valence-electron chi connectivity index (χ2n) is 6.29. The molecule has 2 aliphatic rings. The number of benzene rings is 1. The molecule has 3 heterocycles. The topological polar surface area (TPSA) is 80.8 Å². The molecule has 0 saturated carbocycles. The SMILES string of the molecule is Cc1cc(N2CCOCC2)nc(NC(=S)NCc2ccc3c(c2)OCO3)n1. The number of rotatable bonds is 4. The Hall–Kier alpha value is -2.65. The molecule has 8 nitrogen and oxygen atoms in total. The number of hydrogen-bond donors (Lipinski definition) is 2. The van der Waals surface area contributed by atoms with Crippen molar-refractivity contribution < 1.29 is 14.2 Å². The summed E-state index contributed by atoms with van der Waals surface area (Å²) < 4.78 is 16.1. The lowest BCUT2D eigenvalue weighted by molar-refractivity contribution is 0.122. The van der Waals surface area contributed by atoms with Gasteiger partial charge in [-0.2, -0.15) is 4.98 Å². The number of nitrogens with one attached hydrogen (secondary N) is 2. The van der Waals surface area contributed by atoms with Gasteiger partial charge in [0.1, 0.15) is 5.82 Å². The van der Waals surface area contributed by atoms with Gasteiger partial charge in [0.05, 0.1) is 13.2 Å². The zero-order chi connectivity index (χ0) is 18.6. The van der Waals surface area contributed by atoms with Crippen LogP contribution in [-0.2, 0) is 11.3 Å². The summed E-state index contributed by atoms with van der Waals surface area (Å²) in [5, 5.41) is 6.70. The number of morpholine rings is 1. The van der Waals surface area contributed by atoms with E-state index in [2.05, 4.69) is 25.5 Å². The first-order valence-corrected chi connectivity index (χ1v) is 9.20.